The van der Waals surface area contributed by atoms with E-state index in [2.05, 4.69) is 16.4 Å². The number of hydrogen-bond acceptors (Lipinski definition) is 5. The van der Waals surface area contributed by atoms with Gasteiger partial charge in [0, 0.05) is 18.5 Å². The van der Waals surface area contributed by atoms with E-state index in [0.29, 0.717) is 12.0 Å². The molecular formula is C12H25N2O5P. The average molecular weight is 308 g/mol. The number of quaternary nitrogens is 1. The number of phosphoric ester groups is 1. The van der Waals surface area contributed by atoms with E-state index >= 15 is 0 Å². The highest BCUT2D eigenvalue weighted by atomic mass is 31.2. The normalized spacial score (nSPS) is 14.7. The van der Waals surface area contributed by atoms with Crippen LogP contribution in [-0.4, -0.2) is 57.8 Å². The van der Waals surface area contributed by atoms with Crippen LogP contribution in [0.1, 0.15) is 13.3 Å². The highest BCUT2D eigenvalue weighted by molar-refractivity contribution is 7.45. The summed E-state index contributed by atoms with van der Waals surface area (Å²) >= 11 is 0. The van der Waals surface area contributed by atoms with Crippen molar-refractivity contribution in [2.75, 3.05) is 47.4 Å². The van der Waals surface area contributed by atoms with Gasteiger partial charge in [0.05, 0.1) is 40.9 Å². The van der Waals surface area contributed by atoms with Gasteiger partial charge in [-0.3, -0.25) is 9.36 Å². The Bertz CT molecular complexity index is 379. The molecule has 8 heteroatoms. The Morgan fingerprint density at radius 2 is 1.85 bits per heavy atom. The maximum absolute atomic E-state index is 11.4. The van der Waals surface area contributed by atoms with E-state index < -0.39 is 7.82 Å². The number of amides is 1. The molecular weight excluding hydrogens is 283 g/mol. The Morgan fingerprint density at radius 3 is 2.35 bits per heavy atom. The molecule has 0 aromatic rings. The highest BCUT2D eigenvalue weighted by Crippen LogP contribution is 2.37. The molecule has 0 aromatic carbocycles. The molecule has 0 spiro atoms. The van der Waals surface area contributed by atoms with E-state index in [1.54, 1.807) is 6.92 Å². The largest absolute Gasteiger partial charge is 0.756 e. The van der Waals surface area contributed by atoms with Crippen LogP contribution >= 0.6 is 7.82 Å². The van der Waals surface area contributed by atoms with Gasteiger partial charge in [-0.1, -0.05) is 6.58 Å². The number of rotatable bonds is 10. The summed E-state index contributed by atoms with van der Waals surface area (Å²) in [5.74, 6) is -0.335. The molecule has 0 rings (SSSR count). The Hall–Kier alpha value is -0.720. The van der Waals surface area contributed by atoms with Crippen molar-refractivity contribution in [1.82, 2.24) is 5.32 Å². The van der Waals surface area contributed by atoms with Crippen molar-refractivity contribution in [3.8, 4) is 0 Å². The number of phosphoric acid groups is 1. The molecule has 0 bridgehead atoms. The van der Waals surface area contributed by atoms with Gasteiger partial charge in [0.25, 0.3) is 7.82 Å². The third-order valence-electron chi connectivity index (χ3n) is 2.25. The van der Waals surface area contributed by atoms with Crippen molar-refractivity contribution in [2.24, 2.45) is 0 Å². The smallest absolute Gasteiger partial charge is 0.267 e. The predicted molar refractivity (Wildman–Crippen MR) is 74.9 cm³/mol. The van der Waals surface area contributed by atoms with Crippen LogP contribution in [0.2, 0.25) is 0 Å². The van der Waals surface area contributed by atoms with Crippen LogP contribution in [-0.2, 0) is 18.4 Å². The van der Waals surface area contributed by atoms with Gasteiger partial charge in [-0.2, -0.15) is 0 Å². The zero-order valence-corrected chi connectivity index (χ0v) is 13.6. The number of nitrogens with one attached hydrogen (secondary N) is 1. The third-order valence-corrected chi connectivity index (χ3v) is 3.24. The van der Waals surface area contributed by atoms with Gasteiger partial charge in [-0.25, -0.2) is 0 Å². The minimum Gasteiger partial charge on any atom is -0.756 e. The molecule has 118 valence electrons. The molecule has 1 amide bonds. The van der Waals surface area contributed by atoms with Crippen LogP contribution in [0.3, 0.4) is 0 Å². The first-order valence-electron chi connectivity index (χ1n) is 6.38. The lowest BCUT2D eigenvalue weighted by Crippen LogP contribution is -2.35. The lowest BCUT2D eigenvalue weighted by Gasteiger charge is -2.26. The van der Waals surface area contributed by atoms with Gasteiger partial charge >= 0.3 is 0 Å². The van der Waals surface area contributed by atoms with Crippen molar-refractivity contribution in [1.29, 1.82) is 0 Å². The maximum atomic E-state index is 11.4. The Labute approximate surface area is 120 Å². The molecule has 1 unspecified atom stereocenters. The van der Waals surface area contributed by atoms with Gasteiger partial charge in [0.15, 0.2) is 0 Å². The molecule has 1 N–H and O–H groups in total. The Balaban J connectivity index is 3.77. The maximum Gasteiger partial charge on any atom is 0.267 e. The van der Waals surface area contributed by atoms with Crippen LogP contribution in [0.25, 0.3) is 0 Å². The number of hydrogen-bond donors (Lipinski definition) is 1. The summed E-state index contributed by atoms with van der Waals surface area (Å²) in [5.41, 5.74) is 0.354. The van der Waals surface area contributed by atoms with Gasteiger partial charge in [-0.05, 0) is 6.92 Å². The summed E-state index contributed by atoms with van der Waals surface area (Å²) in [5, 5.41) is 2.46. The molecule has 0 saturated heterocycles. The lowest BCUT2D eigenvalue weighted by molar-refractivity contribution is -0.870. The predicted octanol–water partition coefficient (Wildman–Crippen LogP) is 0.277. The van der Waals surface area contributed by atoms with Crippen LogP contribution in [0, 0.1) is 0 Å². The molecule has 0 saturated carbocycles. The fourth-order valence-electron chi connectivity index (χ4n) is 1.23. The van der Waals surface area contributed by atoms with E-state index in [1.807, 2.05) is 21.1 Å². The second-order valence-electron chi connectivity index (χ2n) is 5.52. The second-order valence-corrected chi connectivity index (χ2v) is 6.93. The van der Waals surface area contributed by atoms with Crippen molar-refractivity contribution < 1.29 is 27.8 Å². The van der Waals surface area contributed by atoms with Crippen LogP contribution < -0.4 is 10.2 Å². The highest BCUT2D eigenvalue weighted by Gasteiger charge is 2.11. The SMILES string of the molecule is C=C(C)C(=O)NCCOP(=O)([O-])OCCC[N+](C)(C)C. The summed E-state index contributed by atoms with van der Waals surface area (Å²) in [6.45, 7) is 5.84. The molecule has 1 atom stereocenters. The molecule has 0 aliphatic heterocycles. The standard InChI is InChI=1S/C12H25N2O5P/c1-11(2)12(15)13-7-10-19-20(16,17)18-9-6-8-14(3,4)5/h1,6-10H2,2-5H3,(H-,13,15,16,17). The molecule has 7 nitrogen and oxygen atoms in total. The molecule has 0 aromatic heterocycles. The van der Waals surface area contributed by atoms with Gasteiger partial charge in [0.2, 0.25) is 5.91 Å². The summed E-state index contributed by atoms with van der Waals surface area (Å²) in [4.78, 5) is 22.5. The van der Waals surface area contributed by atoms with E-state index in [9.17, 15) is 14.3 Å². The van der Waals surface area contributed by atoms with E-state index in [4.69, 9.17) is 4.52 Å². The van der Waals surface area contributed by atoms with E-state index in [0.717, 1.165) is 11.0 Å². The molecule has 0 aliphatic carbocycles. The third kappa shape index (κ3) is 11.1. The van der Waals surface area contributed by atoms with Crippen molar-refractivity contribution >= 4 is 13.7 Å². The molecule has 0 fully saturated rings. The zero-order chi connectivity index (χ0) is 15.8. The van der Waals surface area contributed by atoms with Gasteiger partial charge < -0.3 is 23.7 Å². The number of carbonyl (C=O) groups is 1. The van der Waals surface area contributed by atoms with Crippen LogP contribution in [0.15, 0.2) is 12.2 Å². The Morgan fingerprint density at radius 1 is 1.30 bits per heavy atom. The zero-order valence-electron chi connectivity index (χ0n) is 12.7. The van der Waals surface area contributed by atoms with Gasteiger partial charge in [0.1, 0.15) is 0 Å². The first-order chi connectivity index (χ1) is 9.03. The first-order valence-corrected chi connectivity index (χ1v) is 7.84. The quantitative estimate of drug-likeness (QED) is 0.271. The van der Waals surface area contributed by atoms with E-state index in [-0.39, 0.29) is 25.7 Å². The second kappa shape index (κ2) is 8.54. The minimum absolute atomic E-state index is 0.0835. The fraction of sp³-hybridized carbons (Fsp3) is 0.750. The average Bonchev–Trinajstić information content (AvgIpc) is 2.29. The van der Waals surface area contributed by atoms with Crippen molar-refractivity contribution in [3.63, 3.8) is 0 Å². The van der Waals surface area contributed by atoms with Gasteiger partial charge in [-0.15, -0.1) is 0 Å². The molecule has 0 heterocycles. The molecule has 0 aliphatic rings. The van der Waals surface area contributed by atoms with Crippen molar-refractivity contribution in [2.45, 2.75) is 13.3 Å². The van der Waals surface area contributed by atoms with Crippen LogP contribution in [0.4, 0.5) is 0 Å². The summed E-state index contributed by atoms with van der Waals surface area (Å²) in [7, 11) is 1.75. The lowest BCUT2D eigenvalue weighted by atomic mass is 10.3. The molecule has 0 radical (unpaired) electrons. The summed E-state index contributed by atoms with van der Waals surface area (Å²) in [6.07, 6.45) is 0.617. The number of nitrogens with zero attached hydrogens (tertiary/aromatic N) is 1. The fourth-order valence-corrected chi connectivity index (χ4v) is 1.97. The van der Waals surface area contributed by atoms with Crippen molar-refractivity contribution in [3.05, 3.63) is 12.2 Å². The Kier molecular flexibility index (Phi) is 8.23. The minimum atomic E-state index is -4.29. The van der Waals surface area contributed by atoms with Crippen LogP contribution in [0.5, 0.6) is 0 Å². The molecule has 20 heavy (non-hydrogen) atoms. The summed E-state index contributed by atoms with van der Waals surface area (Å²) < 4.78 is 21.5. The monoisotopic (exact) mass is 308 g/mol. The summed E-state index contributed by atoms with van der Waals surface area (Å²) in [6, 6.07) is 0. The topological polar surface area (TPSA) is 87.7 Å². The van der Waals surface area contributed by atoms with E-state index in [1.165, 1.54) is 0 Å². The number of carbonyl (C=O) groups excluding carboxylic acids is 1. The first kappa shape index (κ1) is 19.3.